The van der Waals surface area contributed by atoms with Gasteiger partial charge < -0.3 is 9.47 Å². The average molecular weight is 184 g/mol. The van der Waals surface area contributed by atoms with E-state index in [1.165, 1.54) is 0 Å². The first-order valence-corrected chi connectivity index (χ1v) is 5.38. The third-order valence-corrected chi connectivity index (χ3v) is 3.52. The summed E-state index contributed by atoms with van der Waals surface area (Å²) in [5, 5.41) is 0. The van der Waals surface area contributed by atoms with E-state index >= 15 is 0 Å². The van der Waals surface area contributed by atoms with Crippen molar-refractivity contribution < 1.29 is 9.47 Å². The maximum atomic E-state index is 6.08. The minimum absolute atomic E-state index is 0.0765. The van der Waals surface area contributed by atoms with Crippen molar-refractivity contribution in [1.29, 1.82) is 0 Å². The second-order valence-corrected chi connectivity index (χ2v) is 4.96. The molecule has 2 rings (SSSR count). The Morgan fingerprint density at radius 3 is 2.62 bits per heavy atom. The second-order valence-electron chi connectivity index (χ2n) is 4.96. The first-order valence-electron chi connectivity index (χ1n) is 5.38. The first-order chi connectivity index (χ1) is 6.00. The van der Waals surface area contributed by atoms with Crippen LogP contribution in [0.2, 0.25) is 0 Å². The quantitative estimate of drug-likeness (QED) is 0.624. The Morgan fingerprint density at radius 1 is 1.31 bits per heavy atom. The van der Waals surface area contributed by atoms with Gasteiger partial charge in [0.05, 0.1) is 11.7 Å². The maximum Gasteiger partial charge on any atom is 0.171 e. The predicted octanol–water partition coefficient (Wildman–Crippen LogP) is 2.72. The molecule has 13 heavy (non-hydrogen) atoms. The van der Waals surface area contributed by atoms with Gasteiger partial charge in [-0.05, 0) is 26.7 Å². The van der Waals surface area contributed by atoms with Crippen LogP contribution >= 0.6 is 0 Å². The minimum Gasteiger partial charge on any atom is -0.347 e. The highest BCUT2D eigenvalue weighted by Crippen LogP contribution is 2.51. The highest BCUT2D eigenvalue weighted by atomic mass is 16.7. The Morgan fingerprint density at radius 2 is 2.00 bits per heavy atom. The Kier molecular flexibility index (Phi) is 1.97. The number of hydrogen-bond acceptors (Lipinski definition) is 2. The Bertz CT molecular complexity index is 216. The molecule has 0 aliphatic carbocycles. The lowest BCUT2D eigenvalue weighted by atomic mass is 9.90. The molecule has 76 valence electrons. The van der Waals surface area contributed by atoms with E-state index in [1.807, 2.05) is 0 Å². The van der Waals surface area contributed by atoms with E-state index in [-0.39, 0.29) is 11.4 Å². The molecule has 2 heteroatoms. The van der Waals surface area contributed by atoms with Crippen molar-refractivity contribution in [3.05, 3.63) is 0 Å². The Balaban J connectivity index is 2.28. The fourth-order valence-electron chi connectivity index (χ4n) is 3.12. The molecule has 2 bridgehead atoms. The van der Waals surface area contributed by atoms with E-state index in [0.717, 1.165) is 19.3 Å². The van der Waals surface area contributed by atoms with Crippen molar-refractivity contribution in [1.82, 2.24) is 0 Å². The molecule has 2 saturated heterocycles. The maximum absolute atomic E-state index is 6.08. The summed E-state index contributed by atoms with van der Waals surface area (Å²) in [6.07, 6.45) is 3.50. The summed E-state index contributed by atoms with van der Waals surface area (Å²) in [6.45, 7) is 8.77. The zero-order valence-electron chi connectivity index (χ0n) is 9.09. The van der Waals surface area contributed by atoms with Crippen molar-refractivity contribution in [3.63, 3.8) is 0 Å². The van der Waals surface area contributed by atoms with Crippen molar-refractivity contribution in [2.45, 2.75) is 64.4 Å². The highest BCUT2D eigenvalue weighted by Gasteiger charge is 2.56. The largest absolute Gasteiger partial charge is 0.347 e. The molecule has 0 unspecified atom stereocenters. The number of fused-ring (bicyclic) bond motifs is 2. The molecule has 4 atom stereocenters. The lowest BCUT2D eigenvalue weighted by Gasteiger charge is -2.42. The van der Waals surface area contributed by atoms with Gasteiger partial charge >= 0.3 is 0 Å². The van der Waals surface area contributed by atoms with Gasteiger partial charge in [-0.1, -0.05) is 13.8 Å². The molecular weight excluding hydrogens is 164 g/mol. The van der Waals surface area contributed by atoms with Gasteiger partial charge in [0.15, 0.2) is 5.79 Å². The topological polar surface area (TPSA) is 18.5 Å². The fraction of sp³-hybridized carbons (Fsp3) is 1.00. The SMILES string of the molecule is CC[C@@]12O[C@H](C)C[C@@](C)(C[C@@H]1C)O2. The molecule has 0 aromatic rings. The van der Waals surface area contributed by atoms with E-state index < -0.39 is 0 Å². The molecule has 2 nitrogen and oxygen atoms in total. The Hall–Kier alpha value is -0.0800. The van der Waals surface area contributed by atoms with E-state index in [2.05, 4.69) is 27.7 Å². The molecule has 0 aromatic heterocycles. The van der Waals surface area contributed by atoms with E-state index in [4.69, 9.17) is 9.47 Å². The summed E-state index contributed by atoms with van der Waals surface area (Å²) >= 11 is 0. The molecule has 2 aliphatic rings. The fourth-order valence-corrected chi connectivity index (χ4v) is 3.12. The number of ether oxygens (including phenoxy) is 2. The van der Waals surface area contributed by atoms with Crippen molar-refractivity contribution in [2.75, 3.05) is 0 Å². The van der Waals surface area contributed by atoms with Crippen LogP contribution in [0.15, 0.2) is 0 Å². The Labute approximate surface area is 80.6 Å². The third kappa shape index (κ3) is 1.31. The van der Waals surface area contributed by atoms with Crippen LogP contribution in [-0.2, 0) is 9.47 Å². The van der Waals surface area contributed by atoms with Gasteiger partial charge in [-0.15, -0.1) is 0 Å². The lowest BCUT2D eigenvalue weighted by molar-refractivity contribution is -0.318. The zero-order chi connectivity index (χ0) is 9.69. The van der Waals surface area contributed by atoms with E-state index in [9.17, 15) is 0 Å². The van der Waals surface area contributed by atoms with Crippen LogP contribution in [0.25, 0.3) is 0 Å². The summed E-state index contributed by atoms with van der Waals surface area (Å²) in [4.78, 5) is 0. The molecule has 0 N–H and O–H groups in total. The first kappa shape index (κ1) is 9.47. The van der Waals surface area contributed by atoms with Crippen LogP contribution in [-0.4, -0.2) is 17.5 Å². The van der Waals surface area contributed by atoms with Crippen LogP contribution in [0.3, 0.4) is 0 Å². The van der Waals surface area contributed by atoms with E-state index in [1.54, 1.807) is 0 Å². The highest BCUT2D eigenvalue weighted by molar-refractivity contribution is 4.98. The molecule has 2 aliphatic heterocycles. The molecule has 0 saturated carbocycles. The second kappa shape index (κ2) is 2.71. The average Bonchev–Trinajstić information content (AvgIpc) is 2.18. The van der Waals surface area contributed by atoms with E-state index in [0.29, 0.717) is 12.0 Å². The van der Waals surface area contributed by atoms with Gasteiger partial charge in [-0.3, -0.25) is 0 Å². The molecule has 0 radical (unpaired) electrons. The van der Waals surface area contributed by atoms with Crippen LogP contribution in [0.5, 0.6) is 0 Å². The van der Waals surface area contributed by atoms with Crippen LogP contribution in [0, 0.1) is 5.92 Å². The van der Waals surface area contributed by atoms with Crippen LogP contribution in [0.4, 0.5) is 0 Å². The van der Waals surface area contributed by atoms with Gasteiger partial charge in [0.2, 0.25) is 0 Å². The summed E-state index contributed by atoms with van der Waals surface area (Å²) in [5.41, 5.74) is 0.0765. The summed E-state index contributed by atoms with van der Waals surface area (Å²) in [6, 6.07) is 0. The third-order valence-electron chi connectivity index (χ3n) is 3.52. The normalized spacial score (nSPS) is 55.4. The van der Waals surface area contributed by atoms with Gasteiger partial charge in [0, 0.05) is 12.3 Å². The van der Waals surface area contributed by atoms with Gasteiger partial charge in [0.25, 0.3) is 0 Å². The molecule has 2 heterocycles. The summed E-state index contributed by atoms with van der Waals surface area (Å²) in [5.74, 6) is 0.263. The van der Waals surface area contributed by atoms with Gasteiger partial charge in [-0.25, -0.2) is 0 Å². The van der Waals surface area contributed by atoms with Gasteiger partial charge in [0.1, 0.15) is 0 Å². The summed E-state index contributed by atoms with van der Waals surface area (Å²) < 4.78 is 12.1. The van der Waals surface area contributed by atoms with Crippen molar-refractivity contribution in [2.24, 2.45) is 5.92 Å². The molecular formula is C11H20O2. The monoisotopic (exact) mass is 184 g/mol. The molecule has 2 fully saturated rings. The van der Waals surface area contributed by atoms with Crippen molar-refractivity contribution >= 4 is 0 Å². The smallest absolute Gasteiger partial charge is 0.171 e. The zero-order valence-corrected chi connectivity index (χ0v) is 9.09. The minimum atomic E-state index is -0.271. The molecule has 0 aromatic carbocycles. The number of hydrogen-bond donors (Lipinski definition) is 0. The molecule has 0 spiro atoms. The van der Waals surface area contributed by atoms with Gasteiger partial charge in [-0.2, -0.15) is 0 Å². The number of rotatable bonds is 1. The summed E-state index contributed by atoms with van der Waals surface area (Å²) in [7, 11) is 0. The van der Waals surface area contributed by atoms with Crippen LogP contribution < -0.4 is 0 Å². The predicted molar refractivity (Wildman–Crippen MR) is 51.5 cm³/mol. The van der Waals surface area contributed by atoms with Crippen LogP contribution in [0.1, 0.15) is 47.0 Å². The lowest BCUT2D eigenvalue weighted by Crippen LogP contribution is -2.47. The molecule has 0 amide bonds. The van der Waals surface area contributed by atoms with Crippen molar-refractivity contribution in [3.8, 4) is 0 Å². The standard InChI is InChI=1S/C11H20O2/c1-5-11-8(2)6-10(4,13-11)7-9(3)12-11/h8-9H,5-7H2,1-4H3/t8-,9+,10+,11-/m0/s1.